The third-order valence-electron chi connectivity index (χ3n) is 3.68. The van der Waals surface area contributed by atoms with Crippen molar-refractivity contribution < 1.29 is 14.2 Å². The lowest BCUT2D eigenvalue weighted by molar-refractivity contribution is 0.178. The van der Waals surface area contributed by atoms with Gasteiger partial charge in [-0.1, -0.05) is 0 Å². The molecule has 1 aromatic carbocycles. The Labute approximate surface area is 148 Å². The number of phenolic OH excluding ortho intramolecular Hbond substituents is 1. The molecular formula is C18H14FN5O2. The molecule has 0 saturated heterocycles. The van der Waals surface area contributed by atoms with Crippen molar-refractivity contribution in [1.82, 2.24) is 15.0 Å². The van der Waals surface area contributed by atoms with Gasteiger partial charge in [0.05, 0.1) is 5.69 Å². The number of pyridine rings is 1. The summed E-state index contributed by atoms with van der Waals surface area (Å²) in [6, 6.07) is 7.26. The van der Waals surface area contributed by atoms with Crippen LogP contribution in [0.3, 0.4) is 0 Å². The first-order valence-electron chi connectivity index (χ1n) is 7.53. The minimum absolute atomic E-state index is 0.0338. The van der Waals surface area contributed by atoms with Crippen molar-refractivity contribution >= 4 is 5.82 Å². The summed E-state index contributed by atoms with van der Waals surface area (Å²) in [6.45, 7) is 0.258. The molecule has 0 radical (unpaired) electrons. The van der Waals surface area contributed by atoms with Crippen molar-refractivity contribution in [3.05, 3.63) is 53.9 Å². The van der Waals surface area contributed by atoms with E-state index in [1.165, 1.54) is 31.6 Å². The van der Waals surface area contributed by atoms with Gasteiger partial charge in [0, 0.05) is 42.3 Å². The number of nitrogen functional groups attached to an aromatic ring is 1. The topological polar surface area (TPSA) is 118 Å². The number of hydrogen-bond acceptors (Lipinski definition) is 7. The fourth-order valence-corrected chi connectivity index (χ4v) is 2.46. The zero-order valence-corrected chi connectivity index (χ0v) is 13.8. The second kappa shape index (κ2) is 7.13. The Balaban J connectivity index is 2.15. The van der Waals surface area contributed by atoms with Gasteiger partial charge in [-0.05, 0) is 18.2 Å². The average molecular weight is 351 g/mol. The third-order valence-corrected chi connectivity index (χ3v) is 3.68. The molecule has 0 bridgehead atoms. The number of aromatic nitrogens is 3. The van der Waals surface area contributed by atoms with E-state index in [0.29, 0.717) is 17.0 Å². The second-order valence-electron chi connectivity index (χ2n) is 5.41. The first kappa shape index (κ1) is 17.3. The highest BCUT2D eigenvalue weighted by Gasteiger charge is 2.16. The molecule has 0 aliphatic rings. The highest BCUT2D eigenvalue weighted by atomic mass is 19.1. The van der Waals surface area contributed by atoms with Gasteiger partial charge in [-0.2, -0.15) is 5.26 Å². The summed E-state index contributed by atoms with van der Waals surface area (Å²) in [6.07, 6.45) is 3.07. The van der Waals surface area contributed by atoms with Gasteiger partial charge in [0.1, 0.15) is 35.6 Å². The molecule has 3 N–H and O–H groups in total. The molecule has 8 heteroatoms. The van der Waals surface area contributed by atoms with Crippen LogP contribution in [0.1, 0.15) is 11.4 Å². The van der Waals surface area contributed by atoms with Crippen LogP contribution in [-0.2, 0) is 11.3 Å². The fraction of sp³-hybridized carbons (Fsp3) is 0.111. The lowest BCUT2D eigenvalue weighted by Crippen LogP contribution is -2.02. The number of nitriles is 1. The number of phenols is 1. The van der Waals surface area contributed by atoms with E-state index in [1.54, 1.807) is 6.07 Å². The predicted octanol–water partition coefficient (Wildman–Crippen LogP) is 2.65. The van der Waals surface area contributed by atoms with Crippen LogP contribution >= 0.6 is 0 Å². The monoisotopic (exact) mass is 351 g/mol. The number of anilines is 1. The van der Waals surface area contributed by atoms with Crippen LogP contribution < -0.4 is 5.73 Å². The summed E-state index contributed by atoms with van der Waals surface area (Å²) in [4.78, 5) is 12.4. The fourth-order valence-electron chi connectivity index (χ4n) is 2.46. The van der Waals surface area contributed by atoms with Crippen LogP contribution in [0, 0.1) is 17.1 Å². The maximum atomic E-state index is 14.2. The predicted molar refractivity (Wildman–Crippen MR) is 92.2 cm³/mol. The highest BCUT2D eigenvalue weighted by molar-refractivity contribution is 5.79. The highest BCUT2D eigenvalue weighted by Crippen LogP contribution is 2.32. The van der Waals surface area contributed by atoms with Gasteiger partial charge in [0.15, 0.2) is 5.82 Å². The molecule has 7 nitrogen and oxygen atoms in total. The molecule has 2 heterocycles. The maximum absolute atomic E-state index is 14.2. The van der Waals surface area contributed by atoms with Crippen molar-refractivity contribution in [2.45, 2.75) is 6.61 Å². The Kier molecular flexibility index (Phi) is 4.73. The van der Waals surface area contributed by atoms with Crippen LogP contribution in [0.25, 0.3) is 22.4 Å². The van der Waals surface area contributed by atoms with E-state index >= 15 is 0 Å². The summed E-state index contributed by atoms with van der Waals surface area (Å²) < 4.78 is 19.1. The molecule has 0 fully saturated rings. The normalized spacial score (nSPS) is 10.5. The lowest BCUT2D eigenvalue weighted by atomic mass is 10.00. The van der Waals surface area contributed by atoms with Gasteiger partial charge in [-0.15, -0.1) is 0 Å². The molecule has 3 rings (SSSR count). The average Bonchev–Trinajstić information content (AvgIpc) is 2.62. The van der Waals surface area contributed by atoms with Gasteiger partial charge in [-0.25, -0.2) is 19.3 Å². The molecule has 2 aromatic heterocycles. The van der Waals surface area contributed by atoms with Crippen LogP contribution in [0.4, 0.5) is 10.2 Å². The number of methoxy groups -OCH3 is 1. The molecule has 130 valence electrons. The summed E-state index contributed by atoms with van der Waals surface area (Å²) in [7, 11) is 1.53. The Hall–Kier alpha value is -3.57. The number of nitrogens with two attached hydrogens (primary N) is 1. The molecule has 0 aliphatic carbocycles. The van der Waals surface area contributed by atoms with Gasteiger partial charge in [-0.3, -0.25) is 0 Å². The number of aromatic hydroxyl groups is 1. The van der Waals surface area contributed by atoms with Crippen LogP contribution in [0.5, 0.6) is 5.75 Å². The van der Waals surface area contributed by atoms with Gasteiger partial charge in [0.25, 0.3) is 0 Å². The van der Waals surface area contributed by atoms with E-state index in [2.05, 4.69) is 15.0 Å². The van der Waals surface area contributed by atoms with Crippen molar-refractivity contribution in [3.8, 4) is 34.2 Å². The van der Waals surface area contributed by atoms with Crippen molar-refractivity contribution in [1.29, 1.82) is 5.26 Å². The quantitative estimate of drug-likeness (QED) is 0.742. The first-order valence-corrected chi connectivity index (χ1v) is 7.53. The summed E-state index contributed by atoms with van der Waals surface area (Å²) >= 11 is 0. The van der Waals surface area contributed by atoms with Crippen molar-refractivity contribution in [2.24, 2.45) is 0 Å². The van der Waals surface area contributed by atoms with Crippen LogP contribution in [0.2, 0.25) is 0 Å². The van der Waals surface area contributed by atoms with Gasteiger partial charge in [0.2, 0.25) is 0 Å². The maximum Gasteiger partial charge on any atom is 0.153 e. The zero-order chi connectivity index (χ0) is 18.7. The molecule has 26 heavy (non-hydrogen) atoms. The van der Waals surface area contributed by atoms with E-state index in [9.17, 15) is 14.8 Å². The van der Waals surface area contributed by atoms with Crippen LogP contribution in [0.15, 0.2) is 36.7 Å². The second-order valence-corrected chi connectivity index (χ2v) is 5.41. The SMILES string of the molecule is COCc1ncc(-c2cc(-c3ccc(O)cc3F)nc(N)c2C#N)cn1. The lowest BCUT2D eigenvalue weighted by Gasteiger charge is -2.11. The molecular weight excluding hydrogens is 337 g/mol. The molecule has 0 atom stereocenters. The van der Waals surface area contributed by atoms with Gasteiger partial charge >= 0.3 is 0 Å². The molecule has 0 unspecified atom stereocenters. The molecule has 0 saturated carbocycles. The Morgan fingerprint density at radius 2 is 1.96 bits per heavy atom. The number of hydrogen-bond donors (Lipinski definition) is 2. The summed E-state index contributed by atoms with van der Waals surface area (Å²) in [5.74, 6) is -0.399. The van der Waals surface area contributed by atoms with E-state index < -0.39 is 5.82 Å². The number of nitrogens with zero attached hydrogens (tertiary/aromatic N) is 4. The number of halogens is 1. The van der Waals surface area contributed by atoms with E-state index in [1.807, 2.05) is 6.07 Å². The van der Waals surface area contributed by atoms with E-state index in [0.717, 1.165) is 6.07 Å². The Morgan fingerprint density at radius 1 is 1.23 bits per heavy atom. The number of benzene rings is 1. The standard InChI is InChI=1S/C18H14FN5O2/c1-26-9-17-22-7-10(8-23-17)13-5-16(24-18(21)14(13)6-20)12-3-2-11(25)4-15(12)19/h2-5,7-8,25H,9H2,1H3,(H2,21,24). The van der Waals surface area contributed by atoms with Gasteiger partial charge < -0.3 is 15.6 Å². The minimum Gasteiger partial charge on any atom is -0.508 e. The zero-order valence-electron chi connectivity index (χ0n) is 13.8. The Morgan fingerprint density at radius 3 is 2.58 bits per heavy atom. The molecule has 0 aliphatic heterocycles. The summed E-state index contributed by atoms with van der Waals surface area (Å²) in [5, 5.41) is 18.8. The van der Waals surface area contributed by atoms with Crippen molar-refractivity contribution in [3.63, 3.8) is 0 Å². The largest absolute Gasteiger partial charge is 0.508 e. The number of ether oxygens (including phenoxy) is 1. The Bertz CT molecular complexity index is 1000. The van der Waals surface area contributed by atoms with E-state index in [4.69, 9.17) is 10.5 Å². The number of rotatable bonds is 4. The molecule has 0 amide bonds. The molecule has 0 spiro atoms. The third kappa shape index (κ3) is 3.29. The minimum atomic E-state index is -0.653. The smallest absolute Gasteiger partial charge is 0.153 e. The molecule has 3 aromatic rings. The van der Waals surface area contributed by atoms with Crippen molar-refractivity contribution in [2.75, 3.05) is 12.8 Å². The van der Waals surface area contributed by atoms with E-state index in [-0.39, 0.29) is 35.0 Å². The summed E-state index contributed by atoms with van der Waals surface area (Å²) in [5.41, 5.74) is 7.40. The van der Waals surface area contributed by atoms with Crippen LogP contribution in [-0.4, -0.2) is 27.2 Å². The first-order chi connectivity index (χ1) is 12.5.